The summed E-state index contributed by atoms with van der Waals surface area (Å²) in [6.07, 6.45) is 1.44. The summed E-state index contributed by atoms with van der Waals surface area (Å²) in [4.78, 5) is 18.0. The molecule has 0 radical (unpaired) electrons. The number of hydrogen-bond donors (Lipinski definition) is 2. The molecule has 1 amide bonds. The normalized spacial score (nSPS) is 14.7. The van der Waals surface area contributed by atoms with Gasteiger partial charge in [-0.1, -0.05) is 30.3 Å². The summed E-state index contributed by atoms with van der Waals surface area (Å²) in [5.41, 5.74) is 2.25. The minimum Gasteiger partial charge on any atom is -0.489 e. The molecule has 168 valence electrons. The van der Waals surface area contributed by atoms with Crippen molar-refractivity contribution < 1.29 is 13.9 Å². The van der Waals surface area contributed by atoms with Gasteiger partial charge in [0.2, 0.25) is 5.91 Å². The average Bonchev–Trinajstić information content (AvgIpc) is 3.13. The number of ether oxygens (including phenoxy) is 1. The lowest BCUT2D eigenvalue weighted by Crippen LogP contribution is -2.41. The molecule has 1 unspecified atom stereocenters. The van der Waals surface area contributed by atoms with Gasteiger partial charge in [-0.15, -0.1) is 24.0 Å². The first kappa shape index (κ1) is 24.9. The molecule has 0 aliphatic carbocycles. The Morgan fingerprint density at radius 1 is 1.19 bits per heavy atom. The van der Waals surface area contributed by atoms with Crippen molar-refractivity contribution in [1.29, 1.82) is 0 Å². The Kier molecular flexibility index (Phi) is 10.0. The highest BCUT2D eigenvalue weighted by Gasteiger charge is 2.19. The summed E-state index contributed by atoms with van der Waals surface area (Å²) >= 11 is 0. The van der Waals surface area contributed by atoms with Crippen molar-refractivity contribution >= 4 is 35.8 Å². The van der Waals surface area contributed by atoms with Crippen molar-refractivity contribution in [3.05, 3.63) is 65.5 Å². The number of nitrogens with zero attached hydrogens (tertiary/aromatic N) is 2. The zero-order valence-corrected chi connectivity index (χ0v) is 20.3. The zero-order chi connectivity index (χ0) is 21.3. The number of likely N-dealkylation sites (tertiary alicyclic amines) is 1. The molecule has 2 aromatic rings. The summed E-state index contributed by atoms with van der Waals surface area (Å²) in [5, 5.41) is 6.51. The monoisotopic (exact) mass is 540 g/mol. The second kappa shape index (κ2) is 12.5. The fraction of sp³-hybridized carbons (Fsp3) is 0.391. The highest BCUT2D eigenvalue weighted by molar-refractivity contribution is 14.0. The summed E-state index contributed by atoms with van der Waals surface area (Å²) < 4.78 is 19.0. The molecule has 1 aliphatic rings. The van der Waals surface area contributed by atoms with Gasteiger partial charge in [-0.05, 0) is 36.6 Å². The largest absolute Gasteiger partial charge is 0.489 e. The Balaban J connectivity index is 0.00000341. The van der Waals surface area contributed by atoms with E-state index in [0.29, 0.717) is 37.8 Å². The Morgan fingerprint density at radius 2 is 1.97 bits per heavy atom. The van der Waals surface area contributed by atoms with E-state index in [-0.39, 0.29) is 41.8 Å². The highest BCUT2D eigenvalue weighted by Crippen LogP contribution is 2.15. The first-order chi connectivity index (χ1) is 14.5. The topological polar surface area (TPSA) is 66.0 Å². The summed E-state index contributed by atoms with van der Waals surface area (Å²) in [5.74, 6) is 1.07. The van der Waals surface area contributed by atoms with Gasteiger partial charge in [0.15, 0.2) is 5.96 Å². The second-order valence-corrected chi connectivity index (χ2v) is 7.43. The smallest absolute Gasteiger partial charge is 0.222 e. The van der Waals surface area contributed by atoms with E-state index in [4.69, 9.17) is 4.74 Å². The molecule has 0 spiro atoms. The van der Waals surface area contributed by atoms with E-state index >= 15 is 0 Å². The minimum atomic E-state index is -0.318. The standard InChI is InChI=1S/C23H29FN4O2.HI/c1-17(30-21-9-4-8-20(24)13-21)14-26-23(25-2)27-15-18-6-3-7-19(12-18)16-28-11-5-10-22(28)29;/h3-4,6-9,12-13,17H,5,10-11,14-16H2,1-2H3,(H2,25,26,27);1H. The molecule has 1 fully saturated rings. The van der Waals surface area contributed by atoms with E-state index in [9.17, 15) is 9.18 Å². The molecule has 0 bridgehead atoms. The molecular formula is C23H30FIN4O2. The van der Waals surface area contributed by atoms with Gasteiger partial charge in [0.1, 0.15) is 17.7 Å². The maximum Gasteiger partial charge on any atom is 0.222 e. The first-order valence-corrected chi connectivity index (χ1v) is 10.3. The van der Waals surface area contributed by atoms with Crippen LogP contribution in [-0.2, 0) is 17.9 Å². The number of aliphatic imine (C=N–C) groups is 1. The molecule has 1 aliphatic heterocycles. The number of amides is 1. The summed E-state index contributed by atoms with van der Waals surface area (Å²) in [7, 11) is 1.71. The number of halogens is 2. The molecule has 1 heterocycles. The van der Waals surface area contributed by atoms with Gasteiger partial charge in [-0.25, -0.2) is 4.39 Å². The van der Waals surface area contributed by atoms with Crippen LogP contribution >= 0.6 is 24.0 Å². The van der Waals surface area contributed by atoms with Crippen LogP contribution in [0.4, 0.5) is 4.39 Å². The molecule has 8 heteroatoms. The predicted molar refractivity (Wildman–Crippen MR) is 131 cm³/mol. The van der Waals surface area contributed by atoms with E-state index in [1.54, 1.807) is 19.2 Å². The number of hydrogen-bond acceptors (Lipinski definition) is 3. The third-order valence-corrected chi connectivity index (χ3v) is 4.91. The quantitative estimate of drug-likeness (QED) is 0.305. The Morgan fingerprint density at radius 3 is 2.68 bits per heavy atom. The highest BCUT2D eigenvalue weighted by atomic mass is 127. The van der Waals surface area contributed by atoms with Crippen molar-refractivity contribution in [3.8, 4) is 5.75 Å². The number of carbonyl (C=O) groups is 1. The summed E-state index contributed by atoms with van der Waals surface area (Å²) in [6, 6.07) is 14.3. The Hall–Kier alpha value is -2.36. The second-order valence-electron chi connectivity index (χ2n) is 7.43. The number of guanidine groups is 1. The van der Waals surface area contributed by atoms with Crippen LogP contribution in [0, 0.1) is 5.82 Å². The lowest BCUT2D eigenvalue weighted by atomic mass is 10.1. The van der Waals surface area contributed by atoms with Crippen molar-refractivity contribution in [1.82, 2.24) is 15.5 Å². The Labute approximate surface area is 200 Å². The van der Waals surface area contributed by atoms with E-state index in [1.165, 1.54) is 12.1 Å². The van der Waals surface area contributed by atoms with E-state index in [2.05, 4.69) is 21.7 Å². The lowest BCUT2D eigenvalue weighted by molar-refractivity contribution is -0.128. The van der Waals surface area contributed by atoms with Crippen LogP contribution in [0.1, 0.15) is 30.9 Å². The van der Waals surface area contributed by atoms with Gasteiger partial charge in [0.25, 0.3) is 0 Å². The molecule has 0 aromatic heterocycles. The maximum absolute atomic E-state index is 13.3. The Bertz CT molecular complexity index is 893. The van der Waals surface area contributed by atoms with Crippen LogP contribution in [0.25, 0.3) is 0 Å². The van der Waals surface area contributed by atoms with Crippen molar-refractivity contribution in [3.63, 3.8) is 0 Å². The molecule has 2 aromatic carbocycles. The number of benzene rings is 2. The van der Waals surface area contributed by atoms with Crippen LogP contribution in [0.3, 0.4) is 0 Å². The number of rotatable bonds is 8. The van der Waals surface area contributed by atoms with Crippen LogP contribution in [-0.4, -0.2) is 43.0 Å². The van der Waals surface area contributed by atoms with Crippen molar-refractivity contribution in [2.24, 2.45) is 4.99 Å². The van der Waals surface area contributed by atoms with E-state index < -0.39 is 0 Å². The van der Waals surface area contributed by atoms with E-state index in [0.717, 1.165) is 24.1 Å². The van der Waals surface area contributed by atoms with Gasteiger partial charge < -0.3 is 20.3 Å². The predicted octanol–water partition coefficient (Wildman–Crippen LogP) is 3.70. The van der Waals surface area contributed by atoms with Crippen LogP contribution in [0.15, 0.2) is 53.5 Å². The molecule has 0 saturated carbocycles. The molecule has 2 N–H and O–H groups in total. The van der Waals surface area contributed by atoms with Crippen LogP contribution < -0.4 is 15.4 Å². The SMILES string of the molecule is CN=C(NCc1cccc(CN2CCCC2=O)c1)NCC(C)Oc1cccc(F)c1.I. The van der Waals surface area contributed by atoms with Crippen LogP contribution in [0.2, 0.25) is 0 Å². The fourth-order valence-corrected chi connectivity index (χ4v) is 3.39. The lowest BCUT2D eigenvalue weighted by Gasteiger charge is -2.18. The minimum absolute atomic E-state index is 0. The molecule has 1 atom stereocenters. The molecule has 1 saturated heterocycles. The van der Waals surface area contributed by atoms with Crippen molar-refractivity contribution in [2.75, 3.05) is 20.1 Å². The zero-order valence-electron chi connectivity index (χ0n) is 17.9. The number of nitrogens with one attached hydrogen (secondary N) is 2. The average molecular weight is 540 g/mol. The number of carbonyl (C=O) groups excluding carboxylic acids is 1. The van der Waals surface area contributed by atoms with Crippen molar-refractivity contribution in [2.45, 2.75) is 39.0 Å². The first-order valence-electron chi connectivity index (χ1n) is 10.3. The van der Waals surface area contributed by atoms with Crippen LogP contribution in [0.5, 0.6) is 5.75 Å². The van der Waals surface area contributed by atoms with Gasteiger partial charge >= 0.3 is 0 Å². The molecule has 6 nitrogen and oxygen atoms in total. The molecule has 3 rings (SSSR count). The summed E-state index contributed by atoms with van der Waals surface area (Å²) in [6.45, 7) is 4.55. The molecular weight excluding hydrogens is 510 g/mol. The molecule has 31 heavy (non-hydrogen) atoms. The third kappa shape index (κ3) is 8.01. The van der Waals surface area contributed by atoms with Gasteiger partial charge in [0, 0.05) is 39.2 Å². The van der Waals surface area contributed by atoms with E-state index in [1.807, 2.05) is 30.0 Å². The van der Waals surface area contributed by atoms with Gasteiger partial charge in [-0.3, -0.25) is 9.79 Å². The van der Waals surface area contributed by atoms with Gasteiger partial charge in [0.05, 0.1) is 6.54 Å². The third-order valence-electron chi connectivity index (χ3n) is 4.91. The fourth-order valence-electron chi connectivity index (χ4n) is 3.39. The maximum atomic E-state index is 13.3. The van der Waals surface area contributed by atoms with Gasteiger partial charge in [-0.2, -0.15) is 0 Å².